The number of halogens is 1. The Labute approximate surface area is 217 Å². The van der Waals surface area contributed by atoms with E-state index in [2.05, 4.69) is 10.3 Å². The minimum atomic E-state index is -0.842. The van der Waals surface area contributed by atoms with Gasteiger partial charge in [0.15, 0.2) is 0 Å². The molecule has 12 heteroatoms. The van der Waals surface area contributed by atoms with Gasteiger partial charge >= 0.3 is 0 Å². The van der Waals surface area contributed by atoms with Crippen LogP contribution in [0.5, 0.6) is 5.88 Å². The highest BCUT2D eigenvalue weighted by Crippen LogP contribution is 2.39. The summed E-state index contributed by atoms with van der Waals surface area (Å²) in [6.07, 6.45) is 0.551. The molecule has 3 aliphatic rings. The van der Waals surface area contributed by atoms with E-state index >= 15 is 0 Å². The Morgan fingerprint density at radius 2 is 2.14 bits per heavy atom. The van der Waals surface area contributed by atoms with Crippen LogP contribution < -0.4 is 26.4 Å². The molecule has 3 aromatic rings. The molecule has 2 saturated heterocycles. The fraction of sp³-hybridized carbons (Fsp3) is 0.480. The maximum atomic E-state index is 13.9. The third-order valence-corrected chi connectivity index (χ3v) is 8.15. The van der Waals surface area contributed by atoms with Crippen molar-refractivity contribution in [2.75, 3.05) is 36.9 Å². The molecule has 1 amide bonds. The number of anilines is 2. The molecule has 0 aliphatic carbocycles. The molecule has 0 saturated carbocycles. The first-order valence-electron chi connectivity index (χ1n) is 12.2. The number of nitrogens with zero attached hydrogens (tertiary/aromatic N) is 3. The van der Waals surface area contributed by atoms with Gasteiger partial charge in [0.25, 0.3) is 5.91 Å². The summed E-state index contributed by atoms with van der Waals surface area (Å²) in [5.41, 5.74) is 13.6. The fourth-order valence-electron chi connectivity index (χ4n) is 5.12. The molecule has 2 fully saturated rings. The zero-order valence-corrected chi connectivity index (χ0v) is 21.7. The summed E-state index contributed by atoms with van der Waals surface area (Å²) < 4.78 is 32.1. The van der Waals surface area contributed by atoms with Gasteiger partial charge in [0, 0.05) is 23.9 Å². The Morgan fingerprint density at radius 3 is 2.89 bits per heavy atom. The Balaban J connectivity index is 1.14. The summed E-state index contributed by atoms with van der Waals surface area (Å²) in [6.45, 7) is 7.34. The van der Waals surface area contributed by atoms with Gasteiger partial charge in [-0.25, -0.2) is 9.37 Å². The van der Waals surface area contributed by atoms with Crippen molar-refractivity contribution in [1.29, 1.82) is 0 Å². The number of nitrogens with one attached hydrogen (secondary N) is 1. The molecule has 0 radical (unpaired) electrons. The summed E-state index contributed by atoms with van der Waals surface area (Å²) in [5, 5.41) is 3.43. The van der Waals surface area contributed by atoms with E-state index in [1.165, 1.54) is 6.07 Å². The topological polar surface area (TPSA) is 138 Å². The van der Waals surface area contributed by atoms with E-state index in [0.717, 1.165) is 22.7 Å². The van der Waals surface area contributed by atoms with Gasteiger partial charge in [-0.2, -0.15) is 4.98 Å². The van der Waals surface area contributed by atoms with Crippen LogP contribution in [0, 0.1) is 12.7 Å². The molecule has 10 nitrogen and oxygen atoms in total. The molecule has 1 spiro atoms. The zero-order chi connectivity index (χ0) is 26.1. The van der Waals surface area contributed by atoms with Gasteiger partial charge in [-0.15, -0.1) is 11.3 Å². The predicted octanol–water partition coefficient (Wildman–Crippen LogP) is 2.12. The number of nitrogen functional groups attached to an aromatic ring is 1. The molecule has 0 aromatic carbocycles. The lowest BCUT2D eigenvalue weighted by atomic mass is 10.1. The van der Waals surface area contributed by atoms with Crippen LogP contribution in [0.2, 0.25) is 0 Å². The first kappa shape index (κ1) is 24.3. The number of ether oxygens (including phenoxy) is 3. The number of hydrogen-bond acceptors (Lipinski definition) is 10. The highest BCUT2D eigenvalue weighted by atomic mass is 32.1. The number of fused-ring (bicyclic) bond motifs is 2. The van der Waals surface area contributed by atoms with Crippen molar-refractivity contribution in [3.8, 4) is 5.88 Å². The Kier molecular flexibility index (Phi) is 5.57. The standard InChI is InChI=1S/C25H29FN6O4S/c1-12-16(26)7-15-19(28)20(37-23(15)29-12)21(33)30-14-6-13-4-5-18(31-22(13)34-9-14)32-8-17(27)25(10-32)35-11-24(2,3)36-25/h4-5,7,14,17H,6,8-11,27-28H2,1-3H3,(H,30,33). The van der Waals surface area contributed by atoms with Crippen LogP contribution in [0.15, 0.2) is 18.2 Å². The number of nitrogens with two attached hydrogens (primary N) is 2. The summed E-state index contributed by atoms with van der Waals surface area (Å²) in [5.74, 6) is -0.366. The van der Waals surface area contributed by atoms with Crippen LogP contribution in [0.1, 0.15) is 34.8 Å². The van der Waals surface area contributed by atoms with Crippen molar-refractivity contribution in [2.45, 2.75) is 50.7 Å². The normalized spacial score (nSPS) is 26.5. The number of carbonyl (C=O) groups is 1. The van der Waals surface area contributed by atoms with Crippen molar-refractivity contribution in [2.24, 2.45) is 5.73 Å². The average Bonchev–Trinajstić information content (AvgIpc) is 3.46. The molecule has 6 rings (SSSR count). The number of aromatic nitrogens is 2. The molecule has 3 atom stereocenters. The van der Waals surface area contributed by atoms with E-state index in [9.17, 15) is 9.18 Å². The van der Waals surface area contributed by atoms with E-state index in [1.807, 2.05) is 30.9 Å². The third kappa shape index (κ3) is 4.17. The first-order chi connectivity index (χ1) is 17.5. The molecule has 0 bridgehead atoms. The van der Waals surface area contributed by atoms with Crippen molar-refractivity contribution in [1.82, 2.24) is 15.3 Å². The summed E-state index contributed by atoms with van der Waals surface area (Å²) in [4.78, 5) is 24.8. The van der Waals surface area contributed by atoms with Gasteiger partial charge in [-0.3, -0.25) is 4.79 Å². The largest absolute Gasteiger partial charge is 0.475 e. The molecular formula is C25H29FN6O4S. The Bertz CT molecular complexity index is 1410. The molecule has 37 heavy (non-hydrogen) atoms. The number of pyridine rings is 2. The van der Waals surface area contributed by atoms with Crippen LogP contribution >= 0.6 is 11.3 Å². The van der Waals surface area contributed by atoms with Crippen molar-refractivity contribution in [3.05, 3.63) is 40.2 Å². The smallest absolute Gasteiger partial charge is 0.263 e. The van der Waals surface area contributed by atoms with Crippen LogP contribution in [-0.2, 0) is 15.9 Å². The number of aryl methyl sites for hydroxylation is 1. The van der Waals surface area contributed by atoms with Gasteiger partial charge in [0.1, 0.15) is 27.9 Å². The first-order valence-corrected chi connectivity index (χ1v) is 13.0. The molecular weight excluding hydrogens is 499 g/mol. The highest BCUT2D eigenvalue weighted by molar-refractivity contribution is 7.21. The quantitative estimate of drug-likeness (QED) is 0.467. The van der Waals surface area contributed by atoms with Gasteiger partial charge in [0.2, 0.25) is 11.7 Å². The predicted molar refractivity (Wildman–Crippen MR) is 137 cm³/mol. The van der Waals surface area contributed by atoms with Gasteiger partial charge < -0.3 is 35.9 Å². The van der Waals surface area contributed by atoms with E-state index in [0.29, 0.717) is 47.1 Å². The number of rotatable bonds is 3. The lowest BCUT2D eigenvalue weighted by molar-refractivity contribution is -0.173. The molecule has 3 aromatic heterocycles. The van der Waals surface area contributed by atoms with Crippen LogP contribution in [0.25, 0.3) is 10.2 Å². The molecule has 5 N–H and O–H groups in total. The average molecular weight is 529 g/mol. The summed E-state index contributed by atoms with van der Waals surface area (Å²) in [6, 6.07) is 4.63. The van der Waals surface area contributed by atoms with E-state index in [-0.39, 0.29) is 41.6 Å². The Morgan fingerprint density at radius 1 is 1.32 bits per heavy atom. The minimum Gasteiger partial charge on any atom is -0.475 e. The van der Waals surface area contributed by atoms with Crippen LogP contribution in [-0.4, -0.2) is 65.7 Å². The lowest BCUT2D eigenvalue weighted by Crippen LogP contribution is -2.49. The Hall–Kier alpha value is -3.06. The maximum Gasteiger partial charge on any atom is 0.263 e. The minimum absolute atomic E-state index is 0.229. The van der Waals surface area contributed by atoms with E-state index in [4.69, 9.17) is 30.7 Å². The van der Waals surface area contributed by atoms with E-state index in [1.54, 1.807) is 6.92 Å². The molecule has 3 aliphatic heterocycles. The monoisotopic (exact) mass is 528 g/mol. The number of hydrogen-bond donors (Lipinski definition) is 3. The molecule has 196 valence electrons. The SMILES string of the molecule is Cc1nc2sc(C(=O)NC3COc4nc(N5CC(N)C6(C5)OCC(C)(C)O6)ccc4C3)c(N)c2cc1F. The maximum absolute atomic E-state index is 13.9. The molecule has 3 unspecified atom stereocenters. The van der Waals surface area contributed by atoms with Crippen molar-refractivity contribution >= 4 is 39.0 Å². The second-order valence-corrected chi connectivity index (χ2v) is 11.5. The summed E-state index contributed by atoms with van der Waals surface area (Å²) in [7, 11) is 0. The van der Waals surface area contributed by atoms with Crippen molar-refractivity contribution < 1.29 is 23.4 Å². The number of amides is 1. The number of carbonyl (C=O) groups excluding carboxylic acids is 1. The second kappa shape index (κ2) is 8.48. The molecule has 6 heterocycles. The summed E-state index contributed by atoms with van der Waals surface area (Å²) >= 11 is 1.15. The number of thiophene rings is 1. The highest BCUT2D eigenvalue weighted by Gasteiger charge is 2.55. The van der Waals surface area contributed by atoms with Crippen molar-refractivity contribution in [3.63, 3.8) is 0 Å². The lowest BCUT2D eigenvalue weighted by Gasteiger charge is -2.28. The fourth-order valence-corrected chi connectivity index (χ4v) is 6.14. The zero-order valence-electron chi connectivity index (χ0n) is 20.8. The van der Waals surface area contributed by atoms with Gasteiger partial charge in [0.05, 0.1) is 42.2 Å². The van der Waals surface area contributed by atoms with Crippen LogP contribution in [0.4, 0.5) is 15.9 Å². The van der Waals surface area contributed by atoms with E-state index < -0.39 is 11.6 Å². The van der Waals surface area contributed by atoms with Gasteiger partial charge in [-0.05, 0) is 39.0 Å². The second-order valence-electron chi connectivity index (χ2n) is 10.5. The van der Waals surface area contributed by atoms with Gasteiger partial charge in [-0.1, -0.05) is 0 Å². The van der Waals surface area contributed by atoms with Crippen LogP contribution in [0.3, 0.4) is 0 Å². The third-order valence-electron chi connectivity index (χ3n) is 7.03.